The molecule has 6 aromatic carbocycles. The van der Waals surface area contributed by atoms with Crippen molar-refractivity contribution in [2.75, 3.05) is 0 Å². The summed E-state index contributed by atoms with van der Waals surface area (Å²) in [5, 5.41) is 20.6. The van der Waals surface area contributed by atoms with E-state index < -0.39 is 0 Å². The lowest BCUT2D eigenvalue weighted by Crippen LogP contribution is -2.10. The average Bonchev–Trinajstić information content (AvgIpc) is 3.96. The monoisotopic (exact) mass is 674 g/mol. The van der Waals surface area contributed by atoms with Crippen LogP contribution in [0, 0.1) is 0 Å². The quantitative estimate of drug-likeness (QED) is 0.161. The molecule has 0 bridgehead atoms. The highest BCUT2D eigenvalue weighted by Crippen LogP contribution is 2.38. The number of hydrogen-bond acceptors (Lipinski definition) is 6. The Bertz CT molecular complexity index is 2440. The first-order valence-corrected chi connectivity index (χ1v) is 17.4. The number of aliphatic imine (C=N–C) groups is 2. The smallest absolute Gasteiger partial charge is 0.115 e. The van der Waals surface area contributed by atoms with Crippen molar-refractivity contribution in [3.8, 4) is 22.5 Å². The molecule has 2 aromatic heterocycles. The molecule has 0 spiro atoms. The zero-order chi connectivity index (χ0) is 35.0. The lowest BCUT2D eigenvalue weighted by atomic mass is 10.1. The van der Waals surface area contributed by atoms with Gasteiger partial charge in [0.15, 0.2) is 0 Å². The lowest BCUT2D eigenvalue weighted by molar-refractivity contribution is 0.543. The van der Waals surface area contributed by atoms with Gasteiger partial charge in [0.05, 0.1) is 47.3 Å². The van der Waals surface area contributed by atoms with Crippen molar-refractivity contribution >= 4 is 33.6 Å². The summed E-state index contributed by atoms with van der Waals surface area (Å²) in [4.78, 5) is 10.8. The molecule has 2 atom stereocenters. The van der Waals surface area contributed by atoms with E-state index in [0.717, 1.165) is 67.2 Å². The van der Waals surface area contributed by atoms with E-state index >= 15 is 0 Å². The third kappa shape index (κ3) is 5.60. The van der Waals surface area contributed by atoms with Crippen LogP contribution in [0.2, 0.25) is 0 Å². The Morgan fingerprint density at radius 3 is 1.31 bits per heavy atom. The Balaban J connectivity index is 1.15. The molecule has 250 valence electrons. The summed E-state index contributed by atoms with van der Waals surface area (Å²) in [5.74, 6) is 0. The van der Waals surface area contributed by atoms with Gasteiger partial charge in [-0.1, -0.05) is 144 Å². The summed E-state index contributed by atoms with van der Waals surface area (Å²) in [5.41, 5.74) is 10.9. The molecule has 0 unspecified atom stereocenters. The van der Waals surface area contributed by atoms with E-state index in [1.54, 1.807) is 0 Å². The second-order valence-corrected chi connectivity index (χ2v) is 13.0. The van der Waals surface area contributed by atoms with Crippen LogP contribution in [0.15, 0.2) is 168 Å². The highest BCUT2D eigenvalue weighted by atomic mass is 15.4. The van der Waals surface area contributed by atoms with E-state index in [2.05, 4.69) is 107 Å². The van der Waals surface area contributed by atoms with Gasteiger partial charge in [0, 0.05) is 27.6 Å². The molecule has 0 fully saturated rings. The standard InChI is InChI=1S/C44H34N8/c1-29(31-15-5-3-6-16-31)51-27-40(47-49-51)34-21-9-11-25-38(34)45-43-36-23-13-19-33-20-14-24-37(42(33)36)44(43)46-39-26-12-10-22-35(39)41-28-52(50-48-41)30(2)32-17-7-4-8-18-32/h3-30H,1-2H3/t29-,30-/m0/s1. The van der Waals surface area contributed by atoms with Crippen LogP contribution in [-0.4, -0.2) is 41.4 Å². The molecule has 0 saturated heterocycles. The molecule has 52 heavy (non-hydrogen) atoms. The van der Waals surface area contributed by atoms with E-state index in [-0.39, 0.29) is 12.1 Å². The maximum Gasteiger partial charge on any atom is 0.115 e. The Hall–Kier alpha value is -6.80. The second kappa shape index (κ2) is 13.2. The second-order valence-electron chi connectivity index (χ2n) is 13.0. The summed E-state index contributed by atoms with van der Waals surface area (Å²) in [7, 11) is 0. The van der Waals surface area contributed by atoms with Crippen LogP contribution in [0.1, 0.15) is 48.2 Å². The van der Waals surface area contributed by atoms with Crippen LogP contribution in [0.5, 0.6) is 0 Å². The van der Waals surface area contributed by atoms with Crippen molar-refractivity contribution in [3.05, 3.63) is 180 Å². The summed E-state index contributed by atoms with van der Waals surface area (Å²) < 4.78 is 3.81. The van der Waals surface area contributed by atoms with Gasteiger partial charge in [-0.25, -0.2) is 19.3 Å². The highest BCUT2D eigenvalue weighted by molar-refractivity contribution is 6.61. The first kappa shape index (κ1) is 31.2. The highest BCUT2D eigenvalue weighted by Gasteiger charge is 2.28. The molecule has 0 aliphatic heterocycles. The van der Waals surface area contributed by atoms with Crippen molar-refractivity contribution in [1.82, 2.24) is 30.0 Å². The molecule has 0 radical (unpaired) electrons. The Kier molecular flexibility index (Phi) is 7.89. The number of hydrogen-bond donors (Lipinski definition) is 0. The molecular formula is C44H34N8. The van der Waals surface area contributed by atoms with Crippen LogP contribution in [0.25, 0.3) is 33.3 Å². The molecule has 1 aliphatic carbocycles. The summed E-state index contributed by atoms with van der Waals surface area (Å²) in [6, 6.07) is 49.7. The first-order chi connectivity index (χ1) is 25.6. The predicted octanol–water partition coefficient (Wildman–Crippen LogP) is 9.83. The third-order valence-corrected chi connectivity index (χ3v) is 9.84. The molecule has 1 aliphatic rings. The zero-order valence-corrected chi connectivity index (χ0v) is 28.7. The van der Waals surface area contributed by atoms with Crippen molar-refractivity contribution in [2.24, 2.45) is 9.98 Å². The van der Waals surface area contributed by atoms with E-state index in [1.165, 1.54) is 11.1 Å². The summed E-state index contributed by atoms with van der Waals surface area (Å²) in [6.45, 7) is 4.25. The van der Waals surface area contributed by atoms with Gasteiger partial charge in [-0.2, -0.15) is 0 Å². The number of nitrogens with zero attached hydrogens (tertiary/aromatic N) is 8. The number of para-hydroxylation sites is 2. The molecule has 2 heterocycles. The van der Waals surface area contributed by atoms with Crippen LogP contribution in [0.3, 0.4) is 0 Å². The number of benzene rings is 6. The Morgan fingerprint density at radius 1 is 0.442 bits per heavy atom. The zero-order valence-electron chi connectivity index (χ0n) is 28.7. The largest absolute Gasteiger partial charge is 0.245 e. The van der Waals surface area contributed by atoms with E-state index in [1.807, 2.05) is 94.6 Å². The van der Waals surface area contributed by atoms with E-state index in [9.17, 15) is 0 Å². The van der Waals surface area contributed by atoms with Crippen molar-refractivity contribution in [2.45, 2.75) is 25.9 Å². The van der Waals surface area contributed by atoms with Gasteiger partial charge < -0.3 is 0 Å². The molecule has 0 saturated carbocycles. The number of aromatic nitrogens is 6. The summed E-state index contributed by atoms with van der Waals surface area (Å²) >= 11 is 0. The Morgan fingerprint density at radius 2 is 0.846 bits per heavy atom. The van der Waals surface area contributed by atoms with Crippen LogP contribution in [0.4, 0.5) is 11.4 Å². The van der Waals surface area contributed by atoms with Gasteiger partial charge >= 0.3 is 0 Å². The molecule has 0 amide bonds. The molecule has 9 rings (SSSR count). The van der Waals surface area contributed by atoms with Crippen molar-refractivity contribution < 1.29 is 0 Å². The van der Waals surface area contributed by atoms with Gasteiger partial charge in [-0.15, -0.1) is 10.2 Å². The predicted molar refractivity (Wildman–Crippen MR) is 208 cm³/mol. The minimum Gasteiger partial charge on any atom is -0.245 e. The third-order valence-electron chi connectivity index (χ3n) is 9.84. The Labute approximate surface area is 301 Å². The molecular weight excluding hydrogens is 641 g/mol. The van der Waals surface area contributed by atoms with Crippen LogP contribution < -0.4 is 0 Å². The topological polar surface area (TPSA) is 86.1 Å². The van der Waals surface area contributed by atoms with Gasteiger partial charge in [0.1, 0.15) is 11.4 Å². The molecule has 0 N–H and O–H groups in total. The fraction of sp³-hybridized carbons (Fsp3) is 0.0909. The summed E-state index contributed by atoms with van der Waals surface area (Å²) in [6.07, 6.45) is 4.00. The fourth-order valence-corrected chi connectivity index (χ4v) is 6.98. The minimum atomic E-state index is 0.0322. The van der Waals surface area contributed by atoms with Gasteiger partial charge in [-0.3, -0.25) is 0 Å². The van der Waals surface area contributed by atoms with Gasteiger partial charge in [0.2, 0.25) is 0 Å². The first-order valence-electron chi connectivity index (χ1n) is 17.4. The SMILES string of the molecule is C[C@@H](c1ccccc1)n1cc(-c2ccccc2N=C2C(=Nc3ccccc3-c3cn([C@@H](C)c4ccccc4)nn3)c3cccc4cccc2c34)nn1. The molecule has 8 nitrogen and oxygen atoms in total. The maximum absolute atomic E-state index is 5.40. The normalized spacial score (nSPS) is 15.0. The van der Waals surface area contributed by atoms with Crippen molar-refractivity contribution in [3.63, 3.8) is 0 Å². The van der Waals surface area contributed by atoms with Crippen molar-refractivity contribution in [1.29, 1.82) is 0 Å². The van der Waals surface area contributed by atoms with E-state index in [4.69, 9.17) is 9.98 Å². The fourth-order valence-electron chi connectivity index (χ4n) is 6.98. The van der Waals surface area contributed by atoms with E-state index in [0.29, 0.717) is 0 Å². The lowest BCUT2D eigenvalue weighted by Gasteiger charge is -2.11. The average molecular weight is 675 g/mol. The van der Waals surface area contributed by atoms with Gasteiger partial charge in [-0.05, 0) is 42.5 Å². The maximum atomic E-state index is 5.40. The van der Waals surface area contributed by atoms with Crippen LogP contribution >= 0.6 is 0 Å². The molecule has 8 aromatic rings. The van der Waals surface area contributed by atoms with Gasteiger partial charge in [0.25, 0.3) is 0 Å². The van der Waals surface area contributed by atoms with Crippen LogP contribution in [-0.2, 0) is 0 Å². The minimum absolute atomic E-state index is 0.0322. The molecule has 8 heteroatoms. The number of rotatable bonds is 8.